The molecule has 0 saturated heterocycles. The van der Waals surface area contributed by atoms with Crippen molar-refractivity contribution in [3.63, 3.8) is 0 Å². The molecule has 0 fully saturated rings. The first-order valence-electron chi connectivity index (χ1n) is 27.5. The molecule has 79 heavy (non-hydrogen) atoms. The Morgan fingerprint density at radius 1 is 0.215 bits per heavy atom. The zero-order chi connectivity index (χ0) is 52.3. The predicted molar refractivity (Wildman–Crippen MR) is 330 cm³/mol. The Kier molecular flexibility index (Phi) is 11.1. The van der Waals surface area contributed by atoms with Crippen LogP contribution in [0.1, 0.15) is 44.5 Å². The standard InChI is InChI=1S/C78H53N/c1-5-27-59(28-6-1)77(60-29-7-2-8-30-60)72-40-18-15-37-68(72)70-49-45-56(52-74(70)77)54-43-46-63(47-44-54)79(76-42-20-17-36-67(76)58-26-21-25-57(51-58)66-39-22-24-55-23-13-14-35-65(55)66)64-48-50-71-69-38-16-19-41-73(69)78(75(71)53-64,61-31-9-3-10-32-61)62-33-11-4-12-34-62/h1-53H. The number of hydrogen-bond donors (Lipinski definition) is 0. The maximum atomic E-state index is 2.49. The molecule has 1 nitrogen and oxygen atoms in total. The van der Waals surface area contributed by atoms with Gasteiger partial charge in [-0.25, -0.2) is 0 Å². The molecule has 0 amide bonds. The van der Waals surface area contributed by atoms with Gasteiger partial charge in [-0.2, -0.15) is 0 Å². The second kappa shape index (κ2) is 18.9. The van der Waals surface area contributed by atoms with E-state index in [0.717, 1.165) is 33.8 Å². The molecule has 13 aromatic rings. The van der Waals surface area contributed by atoms with Gasteiger partial charge in [-0.3, -0.25) is 0 Å². The fraction of sp³-hybridized carbons (Fsp3) is 0.0256. The maximum absolute atomic E-state index is 2.49. The Hall–Kier alpha value is -10.1. The van der Waals surface area contributed by atoms with Crippen LogP contribution in [0.3, 0.4) is 0 Å². The van der Waals surface area contributed by atoms with Crippen LogP contribution in [0.25, 0.3) is 66.4 Å². The first-order valence-corrected chi connectivity index (χ1v) is 27.5. The Balaban J connectivity index is 0.923. The molecule has 0 N–H and O–H groups in total. The largest absolute Gasteiger partial charge is 0.310 e. The third-order valence-corrected chi connectivity index (χ3v) is 17.0. The Morgan fingerprint density at radius 2 is 0.620 bits per heavy atom. The van der Waals surface area contributed by atoms with Crippen LogP contribution in [0.15, 0.2) is 322 Å². The van der Waals surface area contributed by atoms with Gasteiger partial charge in [0.05, 0.1) is 16.5 Å². The predicted octanol–water partition coefficient (Wildman–Crippen LogP) is 20.0. The van der Waals surface area contributed by atoms with Crippen LogP contribution in [0.4, 0.5) is 17.1 Å². The van der Waals surface area contributed by atoms with Gasteiger partial charge < -0.3 is 4.90 Å². The molecular formula is C78H53N. The molecule has 0 bridgehead atoms. The molecule has 0 aliphatic heterocycles. The van der Waals surface area contributed by atoms with E-state index in [4.69, 9.17) is 0 Å². The Labute approximate surface area is 462 Å². The Bertz CT molecular complexity index is 4320. The molecule has 0 atom stereocenters. The van der Waals surface area contributed by atoms with Gasteiger partial charge in [0.2, 0.25) is 0 Å². The summed E-state index contributed by atoms with van der Waals surface area (Å²) in [5.41, 5.74) is 24.5. The Morgan fingerprint density at radius 3 is 1.22 bits per heavy atom. The number of hydrogen-bond acceptors (Lipinski definition) is 1. The zero-order valence-corrected chi connectivity index (χ0v) is 43.5. The van der Waals surface area contributed by atoms with Crippen LogP contribution in [-0.4, -0.2) is 0 Å². The van der Waals surface area contributed by atoms with Crippen LogP contribution in [0.2, 0.25) is 0 Å². The van der Waals surface area contributed by atoms with Gasteiger partial charge in [0.25, 0.3) is 0 Å². The maximum Gasteiger partial charge on any atom is 0.0714 e. The zero-order valence-electron chi connectivity index (χ0n) is 43.5. The van der Waals surface area contributed by atoms with E-state index < -0.39 is 10.8 Å². The molecule has 0 radical (unpaired) electrons. The molecule has 15 rings (SSSR count). The monoisotopic (exact) mass is 1000 g/mol. The molecule has 0 heterocycles. The van der Waals surface area contributed by atoms with E-state index in [-0.39, 0.29) is 0 Å². The SMILES string of the molecule is c1ccc(C2(c3ccccc3)c3ccccc3-c3ccc(-c4ccc(N(c5ccc6c(c5)C(c5ccccc5)(c5ccccc5)c5ccccc5-6)c5ccccc5-c5cccc(-c6cccc7ccccc67)c5)cc4)cc32)cc1. The minimum atomic E-state index is -0.561. The number of para-hydroxylation sites is 1. The second-order valence-corrected chi connectivity index (χ2v) is 21.1. The summed E-state index contributed by atoms with van der Waals surface area (Å²) in [6, 6.07) is 119. The average Bonchev–Trinajstić information content (AvgIpc) is 4.20. The molecule has 370 valence electrons. The summed E-state index contributed by atoms with van der Waals surface area (Å²) in [7, 11) is 0. The van der Waals surface area contributed by atoms with Gasteiger partial charge in [0.15, 0.2) is 0 Å². The van der Waals surface area contributed by atoms with Gasteiger partial charge in [0, 0.05) is 16.9 Å². The molecule has 0 saturated carbocycles. The van der Waals surface area contributed by atoms with Crippen molar-refractivity contribution in [2.24, 2.45) is 0 Å². The van der Waals surface area contributed by atoms with Crippen molar-refractivity contribution < 1.29 is 0 Å². The summed E-state index contributed by atoms with van der Waals surface area (Å²) in [5, 5.41) is 2.48. The number of anilines is 3. The lowest BCUT2D eigenvalue weighted by Crippen LogP contribution is -2.28. The van der Waals surface area contributed by atoms with Crippen molar-refractivity contribution in [3.05, 3.63) is 366 Å². The lowest BCUT2D eigenvalue weighted by molar-refractivity contribution is 0.768. The molecular weight excluding hydrogens is 951 g/mol. The van der Waals surface area contributed by atoms with Gasteiger partial charge in [0.1, 0.15) is 0 Å². The second-order valence-electron chi connectivity index (χ2n) is 21.1. The van der Waals surface area contributed by atoms with Crippen molar-refractivity contribution in [1.82, 2.24) is 0 Å². The number of nitrogens with zero attached hydrogens (tertiary/aromatic N) is 1. The minimum Gasteiger partial charge on any atom is -0.310 e. The summed E-state index contributed by atoms with van der Waals surface area (Å²) in [6.45, 7) is 0. The normalized spacial score (nSPS) is 13.3. The van der Waals surface area contributed by atoms with E-state index in [9.17, 15) is 0 Å². The van der Waals surface area contributed by atoms with E-state index in [1.165, 1.54) is 94.2 Å². The van der Waals surface area contributed by atoms with E-state index in [1.54, 1.807) is 0 Å². The van der Waals surface area contributed by atoms with Crippen LogP contribution < -0.4 is 4.90 Å². The van der Waals surface area contributed by atoms with Crippen LogP contribution in [0, 0.1) is 0 Å². The highest BCUT2D eigenvalue weighted by Gasteiger charge is 2.48. The van der Waals surface area contributed by atoms with Crippen molar-refractivity contribution in [2.75, 3.05) is 4.90 Å². The van der Waals surface area contributed by atoms with E-state index in [2.05, 4.69) is 326 Å². The minimum absolute atomic E-state index is 0.488. The van der Waals surface area contributed by atoms with Crippen molar-refractivity contribution in [3.8, 4) is 55.6 Å². The number of benzene rings is 13. The first-order chi connectivity index (χ1) is 39.2. The van der Waals surface area contributed by atoms with Crippen molar-refractivity contribution in [1.29, 1.82) is 0 Å². The van der Waals surface area contributed by atoms with Gasteiger partial charge in [-0.1, -0.05) is 279 Å². The number of fused-ring (bicyclic) bond motifs is 7. The fourth-order valence-electron chi connectivity index (χ4n) is 13.7. The lowest BCUT2D eigenvalue weighted by Gasteiger charge is -2.35. The molecule has 2 aliphatic rings. The highest BCUT2D eigenvalue weighted by Crippen LogP contribution is 2.59. The van der Waals surface area contributed by atoms with Crippen LogP contribution in [0.5, 0.6) is 0 Å². The molecule has 0 spiro atoms. The summed E-state index contributed by atoms with van der Waals surface area (Å²) >= 11 is 0. The highest BCUT2D eigenvalue weighted by atomic mass is 15.1. The van der Waals surface area contributed by atoms with E-state index >= 15 is 0 Å². The van der Waals surface area contributed by atoms with Gasteiger partial charge in [-0.15, -0.1) is 0 Å². The van der Waals surface area contributed by atoms with Gasteiger partial charge >= 0.3 is 0 Å². The molecule has 1 heteroatoms. The smallest absolute Gasteiger partial charge is 0.0714 e. The van der Waals surface area contributed by atoms with Gasteiger partial charge in [-0.05, 0) is 148 Å². The topological polar surface area (TPSA) is 3.24 Å². The fourth-order valence-corrected chi connectivity index (χ4v) is 13.7. The molecule has 2 aliphatic carbocycles. The highest BCUT2D eigenvalue weighted by molar-refractivity contribution is 5.99. The molecule has 13 aromatic carbocycles. The number of rotatable bonds is 10. The first kappa shape index (κ1) is 46.2. The molecule has 0 unspecified atom stereocenters. The third kappa shape index (κ3) is 7.24. The molecule has 0 aromatic heterocycles. The summed E-state index contributed by atoms with van der Waals surface area (Å²) in [5.74, 6) is 0. The summed E-state index contributed by atoms with van der Waals surface area (Å²) in [4.78, 5) is 2.49. The summed E-state index contributed by atoms with van der Waals surface area (Å²) in [6.07, 6.45) is 0. The lowest BCUT2D eigenvalue weighted by atomic mass is 9.67. The van der Waals surface area contributed by atoms with Crippen LogP contribution in [-0.2, 0) is 10.8 Å². The van der Waals surface area contributed by atoms with E-state index in [1.807, 2.05) is 0 Å². The summed E-state index contributed by atoms with van der Waals surface area (Å²) < 4.78 is 0. The third-order valence-electron chi connectivity index (χ3n) is 17.0. The average molecular weight is 1000 g/mol. The van der Waals surface area contributed by atoms with Crippen molar-refractivity contribution >= 4 is 27.8 Å². The van der Waals surface area contributed by atoms with Crippen LogP contribution >= 0.6 is 0 Å². The quantitative estimate of drug-likeness (QED) is 0.132. The van der Waals surface area contributed by atoms with Crippen molar-refractivity contribution in [2.45, 2.75) is 10.8 Å². The van der Waals surface area contributed by atoms with E-state index in [0.29, 0.717) is 0 Å².